The van der Waals surface area contributed by atoms with Gasteiger partial charge in [0.2, 0.25) is 0 Å². The number of rotatable bonds is 6. The topological polar surface area (TPSA) is 34.1 Å². The molecule has 0 saturated heterocycles. The lowest BCUT2D eigenvalue weighted by atomic mass is 10.1. The number of hydrogen-bond donors (Lipinski definition) is 1. The van der Waals surface area contributed by atoms with Crippen molar-refractivity contribution in [1.29, 1.82) is 0 Å². The predicted octanol–water partition coefficient (Wildman–Crippen LogP) is 3.93. The lowest BCUT2D eigenvalue weighted by Crippen LogP contribution is -2.23. The summed E-state index contributed by atoms with van der Waals surface area (Å²) < 4.78 is 44.5. The van der Waals surface area contributed by atoms with Gasteiger partial charge in [-0.2, -0.15) is 13.2 Å². The molecule has 1 N–H and O–H groups in total. The fourth-order valence-corrected chi connectivity index (χ4v) is 2.83. The summed E-state index contributed by atoms with van der Waals surface area (Å²) in [4.78, 5) is 4.01. The van der Waals surface area contributed by atoms with Gasteiger partial charge in [-0.15, -0.1) is 11.3 Å². The molecular formula is C13H21F3N2OS. The molecule has 0 amide bonds. The number of alkyl halides is 3. The highest BCUT2D eigenvalue weighted by Gasteiger charge is 2.40. The van der Waals surface area contributed by atoms with Gasteiger partial charge in [-0.25, -0.2) is 4.98 Å². The van der Waals surface area contributed by atoms with Crippen molar-refractivity contribution in [2.45, 2.75) is 58.5 Å². The Hall–Kier alpha value is -0.660. The second-order valence-electron chi connectivity index (χ2n) is 5.11. The van der Waals surface area contributed by atoms with E-state index in [1.54, 1.807) is 6.92 Å². The van der Waals surface area contributed by atoms with Crippen LogP contribution in [0.2, 0.25) is 0 Å². The molecule has 0 aliphatic rings. The first-order valence-electron chi connectivity index (χ1n) is 6.50. The molecule has 1 atom stereocenters. The molecule has 7 heteroatoms. The third-order valence-corrected chi connectivity index (χ3v) is 4.51. The minimum absolute atomic E-state index is 0.113. The Balaban J connectivity index is 3.18. The Kier molecular flexibility index (Phi) is 5.57. The molecule has 0 bridgehead atoms. The molecule has 1 aromatic heterocycles. The Morgan fingerprint density at radius 1 is 1.35 bits per heavy atom. The SMILES string of the molecule is CCC(C)(OC)c1nc(C(F)(F)F)c(CNC(C)C)s1. The Morgan fingerprint density at radius 2 is 1.95 bits per heavy atom. The summed E-state index contributed by atoms with van der Waals surface area (Å²) in [6.07, 6.45) is -3.88. The number of halogens is 3. The monoisotopic (exact) mass is 310 g/mol. The summed E-state index contributed by atoms with van der Waals surface area (Å²) in [6, 6.07) is 0.113. The number of thiazole rings is 1. The van der Waals surface area contributed by atoms with Crippen LogP contribution in [0.4, 0.5) is 13.2 Å². The van der Waals surface area contributed by atoms with Crippen molar-refractivity contribution in [1.82, 2.24) is 10.3 Å². The van der Waals surface area contributed by atoms with Gasteiger partial charge < -0.3 is 10.1 Å². The zero-order valence-electron chi connectivity index (χ0n) is 12.4. The van der Waals surface area contributed by atoms with Crippen LogP contribution in [0.1, 0.15) is 49.7 Å². The lowest BCUT2D eigenvalue weighted by Gasteiger charge is -2.23. The van der Waals surface area contributed by atoms with Crippen molar-refractivity contribution in [3.63, 3.8) is 0 Å². The van der Waals surface area contributed by atoms with Crippen molar-refractivity contribution >= 4 is 11.3 Å². The minimum Gasteiger partial charge on any atom is -0.371 e. The van der Waals surface area contributed by atoms with Crippen molar-refractivity contribution in [3.8, 4) is 0 Å². The zero-order valence-corrected chi connectivity index (χ0v) is 13.2. The first kappa shape index (κ1) is 17.4. The number of aromatic nitrogens is 1. The standard InChI is InChI=1S/C13H21F3N2OS/c1-6-12(4,19-5)11-18-10(13(14,15)16)9(20-11)7-17-8(2)3/h8,17H,6-7H2,1-5H3. The average molecular weight is 310 g/mol. The van der Waals surface area contributed by atoms with Crippen LogP contribution in [-0.4, -0.2) is 18.1 Å². The lowest BCUT2D eigenvalue weighted by molar-refractivity contribution is -0.141. The maximum absolute atomic E-state index is 13.1. The van der Waals surface area contributed by atoms with Crippen molar-refractivity contribution in [2.24, 2.45) is 0 Å². The van der Waals surface area contributed by atoms with E-state index in [-0.39, 0.29) is 17.5 Å². The number of nitrogens with one attached hydrogen (secondary N) is 1. The molecule has 1 rings (SSSR count). The second kappa shape index (κ2) is 6.41. The maximum atomic E-state index is 13.1. The molecule has 1 unspecified atom stereocenters. The fourth-order valence-electron chi connectivity index (χ4n) is 1.60. The van der Waals surface area contributed by atoms with E-state index in [2.05, 4.69) is 10.3 Å². The van der Waals surface area contributed by atoms with Crippen molar-refractivity contribution < 1.29 is 17.9 Å². The van der Waals surface area contributed by atoms with Crippen LogP contribution in [0.25, 0.3) is 0 Å². The maximum Gasteiger partial charge on any atom is 0.434 e. The Labute approximate surface area is 121 Å². The summed E-state index contributed by atoms with van der Waals surface area (Å²) in [5.41, 5.74) is -1.58. The van der Waals surface area contributed by atoms with E-state index in [1.807, 2.05) is 20.8 Å². The van der Waals surface area contributed by atoms with E-state index in [0.29, 0.717) is 11.4 Å². The molecule has 0 aliphatic carbocycles. The van der Waals surface area contributed by atoms with Gasteiger partial charge in [0.25, 0.3) is 0 Å². The van der Waals surface area contributed by atoms with Crippen LogP contribution in [0.3, 0.4) is 0 Å². The van der Waals surface area contributed by atoms with E-state index in [4.69, 9.17) is 4.74 Å². The molecule has 0 fully saturated rings. The Bertz CT molecular complexity index is 439. The summed E-state index contributed by atoms with van der Waals surface area (Å²) in [6.45, 7) is 7.56. The van der Waals surface area contributed by atoms with E-state index in [1.165, 1.54) is 7.11 Å². The smallest absolute Gasteiger partial charge is 0.371 e. The van der Waals surface area contributed by atoms with Gasteiger partial charge in [0.15, 0.2) is 5.69 Å². The van der Waals surface area contributed by atoms with E-state index < -0.39 is 17.5 Å². The fraction of sp³-hybridized carbons (Fsp3) is 0.769. The van der Waals surface area contributed by atoms with Crippen LogP contribution in [0, 0.1) is 0 Å². The number of methoxy groups -OCH3 is 1. The molecule has 20 heavy (non-hydrogen) atoms. The molecule has 1 aromatic rings. The van der Waals surface area contributed by atoms with Crippen molar-refractivity contribution in [2.75, 3.05) is 7.11 Å². The molecule has 0 radical (unpaired) electrons. The third kappa shape index (κ3) is 3.93. The summed E-state index contributed by atoms with van der Waals surface area (Å²) in [5.74, 6) is 0. The predicted molar refractivity (Wildman–Crippen MR) is 73.7 cm³/mol. The number of nitrogens with zero attached hydrogens (tertiary/aromatic N) is 1. The third-order valence-electron chi connectivity index (χ3n) is 3.21. The van der Waals surface area contributed by atoms with Crippen LogP contribution < -0.4 is 5.32 Å². The van der Waals surface area contributed by atoms with Crippen LogP contribution in [0.5, 0.6) is 0 Å². The van der Waals surface area contributed by atoms with Crippen LogP contribution >= 0.6 is 11.3 Å². The molecule has 0 spiro atoms. The second-order valence-corrected chi connectivity index (χ2v) is 6.20. The van der Waals surface area contributed by atoms with Gasteiger partial charge >= 0.3 is 6.18 Å². The van der Waals surface area contributed by atoms with Gasteiger partial charge in [0, 0.05) is 19.7 Å². The molecule has 1 heterocycles. The van der Waals surface area contributed by atoms with E-state index in [0.717, 1.165) is 11.3 Å². The first-order chi connectivity index (χ1) is 9.14. The van der Waals surface area contributed by atoms with Gasteiger partial charge in [-0.1, -0.05) is 20.8 Å². The first-order valence-corrected chi connectivity index (χ1v) is 7.31. The molecule has 0 aliphatic heterocycles. The number of hydrogen-bond acceptors (Lipinski definition) is 4. The van der Waals surface area contributed by atoms with Gasteiger partial charge in [0.1, 0.15) is 10.6 Å². The summed E-state index contributed by atoms with van der Waals surface area (Å²) >= 11 is 1.07. The van der Waals surface area contributed by atoms with Crippen LogP contribution in [0.15, 0.2) is 0 Å². The molecular weight excluding hydrogens is 289 g/mol. The van der Waals surface area contributed by atoms with Gasteiger partial charge in [-0.3, -0.25) is 0 Å². The van der Waals surface area contributed by atoms with Gasteiger partial charge in [0.05, 0.1) is 4.88 Å². The number of ether oxygens (including phenoxy) is 1. The summed E-state index contributed by atoms with van der Waals surface area (Å²) in [5, 5.41) is 3.38. The highest BCUT2D eigenvalue weighted by Crippen LogP contribution is 2.39. The van der Waals surface area contributed by atoms with Gasteiger partial charge in [-0.05, 0) is 13.3 Å². The molecule has 116 valence electrons. The average Bonchev–Trinajstić information content (AvgIpc) is 2.80. The van der Waals surface area contributed by atoms with Crippen LogP contribution in [-0.2, 0) is 23.1 Å². The Morgan fingerprint density at radius 3 is 2.35 bits per heavy atom. The highest BCUT2D eigenvalue weighted by molar-refractivity contribution is 7.11. The minimum atomic E-state index is -4.44. The molecule has 0 aromatic carbocycles. The molecule has 0 saturated carbocycles. The highest BCUT2D eigenvalue weighted by atomic mass is 32.1. The van der Waals surface area contributed by atoms with E-state index in [9.17, 15) is 13.2 Å². The van der Waals surface area contributed by atoms with Crippen molar-refractivity contribution in [3.05, 3.63) is 15.6 Å². The normalized spacial score (nSPS) is 15.7. The zero-order chi connectivity index (χ0) is 15.6. The summed E-state index contributed by atoms with van der Waals surface area (Å²) in [7, 11) is 1.49. The molecule has 3 nitrogen and oxygen atoms in total. The quantitative estimate of drug-likeness (QED) is 0.864. The largest absolute Gasteiger partial charge is 0.434 e. The van der Waals surface area contributed by atoms with E-state index >= 15 is 0 Å².